The minimum atomic E-state index is 0. The summed E-state index contributed by atoms with van der Waals surface area (Å²) in [7, 11) is 0. The lowest BCUT2D eigenvalue weighted by atomic mass is 10.1. The van der Waals surface area contributed by atoms with Crippen molar-refractivity contribution in [1.29, 1.82) is 0 Å². The zero-order valence-electron chi connectivity index (χ0n) is 9.31. The zero-order chi connectivity index (χ0) is 8.66. The first-order chi connectivity index (χ1) is 5.74. The largest absolute Gasteiger partial charge is 1.00 e. The highest BCUT2D eigenvalue weighted by Crippen LogP contribution is 2.25. The monoisotopic (exact) mass is 328 g/mol. The molecule has 0 unspecified atom stereocenters. The average molecular weight is 330 g/mol. The van der Waals surface area contributed by atoms with Gasteiger partial charge in [0.05, 0.1) is 13.1 Å². The van der Waals surface area contributed by atoms with Crippen molar-refractivity contribution in [3.63, 3.8) is 0 Å². The average Bonchev–Trinajstić information content (AvgIpc) is 2.21. The molecule has 3 rings (SSSR count). The quantitative estimate of drug-likeness (QED) is 0.444. The maximum atomic E-state index is 2.36. The lowest BCUT2D eigenvalue weighted by molar-refractivity contribution is -1.08. The number of nitrogens with zero attached hydrogens (tertiary/aromatic N) is 2. The van der Waals surface area contributed by atoms with Gasteiger partial charge in [-0.3, -0.25) is 0 Å². The molecule has 3 heterocycles. The van der Waals surface area contributed by atoms with E-state index >= 15 is 0 Å². The molecule has 0 aromatic carbocycles. The molecule has 3 aliphatic rings. The highest BCUT2D eigenvalue weighted by molar-refractivity contribution is 4.60. The molecule has 0 amide bonds. The Labute approximate surface area is 109 Å². The molecule has 86 valence electrons. The lowest BCUT2D eigenvalue weighted by Gasteiger charge is -2.55. The van der Waals surface area contributed by atoms with Crippen molar-refractivity contribution in [1.82, 2.24) is 0 Å². The van der Waals surface area contributed by atoms with Gasteiger partial charge in [-0.15, -0.1) is 0 Å². The molecule has 2 bridgehead atoms. The summed E-state index contributed by atoms with van der Waals surface area (Å²) < 4.78 is 2.86. The zero-order valence-corrected chi connectivity index (χ0v) is 12.5. The fourth-order valence-electron chi connectivity index (χ4n) is 2.89. The minimum absolute atomic E-state index is 0. The van der Waals surface area contributed by atoms with Crippen LogP contribution in [0.3, 0.4) is 0 Å². The Bertz CT molecular complexity index is 140. The number of likely N-dealkylation sites (N-methyl/N-ethyl adjacent to an activating group) is 2. The second kappa shape index (κ2) is 5.28. The van der Waals surface area contributed by atoms with Crippen LogP contribution in [0.4, 0.5) is 0 Å². The molecule has 2 nitrogen and oxygen atoms in total. The van der Waals surface area contributed by atoms with Gasteiger partial charge in [-0.05, 0) is 13.8 Å². The van der Waals surface area contributed by atoms with Gasteiger partial charge in [-0.2, -0.15) is 0 Å². The van der Waals surface area contributed by atoms with Gasteiger partial charge in [-0.25, -0.2) is 0 Å². The molecule has 0 radical (unpaired) electrons. The molecule has 14 heavy (non-hydrogen) atoms. The van der Waals surface area contributed by atoms with E-state index in [1.165, 1.54) is 61.3 Å². The predicted molar refractivity (Wildman–Crippen MR) is 50.8 cm³/mol. The first-order valence-electron chi connectivity index (χ1n) is 5.44. The third-order valence-corrected chi connectivity index (χ3v) is 4.49. The van der Waals surface area contributed by atoms with E-state index in [0.29, 0.717) is 0 Å². The van der Waals surface area contributed by atoms with Crippen molar-refractivity contribution in [2.75, 3.05) is 52.4 Å². The molecule has 0 aliphatic carbocycles. The molecule has 0 spiro atoms. The van der Waals surface area contributed by atoms with E-state index in [2.05, 4.69) is 13.8 Å². The summed E-state index contributed by atoms with van der Waals surface area (Å²) >= 11 is 0. The summed E-state index contributed by atoms with van der Waals surface area (Å²) in [4.78, 5) is 0. The van der Waals surface area contributed by atoms with Gasteiger partial charge in [-0.1, -0.05) is 0 Å². The topological polar surface area (TPSA) is 0 Å². The maximum Gasteiger partial charge on any atom is 0.129 e. The first kappa shape index (κ1) is 14.9. The second-order valence-corrected chi connectivity index (χ2v) is 4.66. The van der Waals surface area contributed by atoms with E-state index in [1.54, 1.807) is 0 Å². The number of halogens is 2. The van der Waals surface area contributed by atoms with Crippen molar-refractivity contribution >= 4 is 0 Å². The van der Waals surface area contributed by atoms with Crippen molar-refractivity contribution in [3.05, 3.63) is 0 Å². The molecule has 4 heteroatoms. The number of piperazine rings is 3. The number of hydrogen-bond acceptors (Lipinski definition) is 0. The van der Waals surface area contributed by atoms with Gasteiger partial charge in [0.25, 0.3) is 0 Å². The number of rotatable bonds is 2. The molecule has 0 N–H and O–H groups in total. The van der Waals surface area contributed by atoms with E-state index < -0.39 is 0 Å². The molecular formula is C10H22Br2N2. The van der Waals surface area contributed by atoms with Crippen LogP contribution in [0.2, 0.25) is 0 Å². The second-order valence-electron chi connectivity index (χ2n) is 4.66. The van der Waals surface area contributed by atoms with Crippen LogP contribution in [0, 0.1) is 0 Å². The van der Waals surface area contributed by atoms with E-state index in [0.717, 1.165) is 0 Å². The van der Waals surface area contributed by atoms with E-state index in [9.17, 15) is 0 Å². The third kappa shape index (κ3) is 2.34. The maximum absolute atomic E-state index is 2.36. The predicted octanol–water partition coefficient (Wildman–Crippen LogP) is -5.30. The summed E-state index contributed by atoms with van der Waals surface area (Å²) in [6.45, 7) is 16.1. The van der Waals surface area contributed by atoms with Crippen LogP contribution in [0.5, 0.6) is 0 Å². The number of quaternary nitrogens is 2. The summed E-state index contributed by atoms with van der Waals surface area (Å²) in [6.07, 6.45) is 0. The van der Waals surface area contributed by atoms with Gasteiger partial charge in [0, 0.05) is 0 Å². The fourth-order valence-corrected chi connectivity index (χ4v) is 2.89. The van der Waals surface area contributed by atoms with E-state index in [-0.39, 0.29) is 34.0 Å². The van der Waals surface area contributed by atoms with Crippen molar-refractivity contribution in [2.45, 2.75) is 13.8 Å². The molecule has 3 saturated heterocycles. The third-order valence-electron chi connectivity index (χ3n) is 4.49. The Balaban J connectivity index is 0.000000845. The molecule has 0 saturated carbocycles. The van der Waals surface area contributed by atoms with Crippen LogP contribution in [-0.4, -0.2) is 61.3 Å². The highest BCUT2D eigenvalue weighted by atomic mass is 79.9. The van der Waals surface area contributed by atoms with Gasteiger partial charge < -0.3 is 42.9 Å². The normalized spacial score (nSPS) is 39.9. The molecule has 3 aliphatic heterocycles. The summed E-state index contributed by atoms with van der Waals surface area (Å²) in [5.41, 5.74) is 0. The Morgan fingerprint density at radius 3 is 1.00 bits per heavy atom. The highest BCUT2D eigenvalue weighted by Gasteiger charge is 2.46. The first-order valence-corrected chi connectivity index (χ1v) is 5.44. The molecule has 0 aromatic rings. The Kier molecular flexibility index (Phi) is 5.61. The van der Waals surface area contributed by atoms with Crippen molar-refractivity contribution in [3.8, 4) is 0 Å². The van der Waals surface area contributed by atoms with Gasteiger partial charge in [0.2, 0.25) is 0 Å². The smallest absolute Gasteiger partial charge is 0.129 e. The summed E-state index contributed by atoms with van der Waals surface area (Å²) in [6, 6.07) is 0. The minimum Gasteiger partial charge on any atom is -1.00 e. The molecule has 3 fully saturated rings. The number of hydrogen-bond donors (Lipinski definition) is 0. The SMILES string of the molecule is CC[N+]12CC[N+](CC)(CC1)CC2.[Br-].[Br-]. The van der Waals surface area contributed by atoms with Gasteiger partial charge in [0.1, 0.15) is 39.3 Å². The van der Waals surface area contributed by atoms with Crippen LogP contribution in [0.25, 0.3) is 0 Å². The van der Waals surface area contributed by atoms with E-state index in [4.69, 9.17) is 0 Å². The van der Waals surface area contributed by atoms with Crippen LogP contribution >= 0.6 is 0 Å². The van der Waals surface area contributed by atoms with Crippen molar-refractivity contribution in [2.24, 2.45) is 0 Å². The lowest BCUT2D eigenvalue weighted by Crippen LogP contribution is -3.00. The fraction of sp³-hybridized carbons (Fsp3) is 1.00. The Morgan fingerprint density at radius 1 is 0.643 bits per heavy atom. The van der Waals surface area contributed by atoms with Crippen LogP contribution < -0.4 is 34.0 Å². The number of fused-ring (bicyclic) bond motifs is 3. The summed E-state index contributed by atoms with van der Waals surface area (Å²) in [5.74, 6) is 0. The van der Waals surface area contributed by atoms with E-state index in [1.807, 2.05) is 0 Å². The van der Waals surface area contributed by atoms with Crippen molar-refractivity contribution < 1.29 is 42.9 Å². The molecule has 0 aromatic heterocycles. The summed E-state index contributed by atoms with van der Waals surface area (Å²) in [5, 5.41) is 0. The Hall–Kier alpha value is 0.880. The Morgan fingerprint density at radius 2 is 0.857 bits per heavy atom. The van der Waals surface area contributed by atoms with Crippen LogP contribution in [0.15, 0.2) is 0 Å². The van der Waals surface area contributed by atoms with Gasteiger partial charge in [0.15, 0.2) is 0 Å². The van der Waals surface area contributed by atoms with Gasteiger partial charge >= 0.3 is 0 Å². The van der Waals surface area contributed by atoms with Crippen LogP contribution in [0.1, 0.15) is 13.8 Å². The molecular weight excluding hydrogens is 308 g/mol. The molecule has 0 atom stereocenters. The van der Waals surface area contributed by atoms with Crippen LogP contribution in [-0.2, 0) is 0 Å². The standard InChI is InChI=1S/C10H22N2.2BrH/c1-3-11-5-8-12(4-2,9-6-11)10-7-11;;/h3-10H2,1-2H3;2*1H/q+2;;/p-2.